The molecule has 152 valence electrons. The third-order valence-electron chi connectivity index (χ3n) is 9.67. The summed E-state index contributed by atoms with van der Waals surface area (Å²) in [4.78, 5) is 0. The van der Waals surface area contributed by atoms with E-state index >= 15 is 0 Å². The van der Waals surface area contributed by atoms with Crippen molar-refractivity contribution in [3.05, 3.63) is 41.2 Å². The van der Waals surface area contributed by atoms with Crippen LogP contribution in [0.15, 0.2) is 29.8 Å². The van der Waals surface area contributed by atoms with Gasteiger partial charge >= 0.3 is 0 Å². The van der Waals surface area contributed by atoms with Crippen molar-refractivity contribution in [3.8, 4) is 0 Å². The van der Waals surface area contributed by atoms with Crippen LogP contribution < -0.4 is 0 Å². The molecule has 0 aromatic heterocycles. The molecule has 4 fully saturated rings. The lowest BCUT2D eigenvalue weighted by Crippen LogP contribution is -2.53. The van der Waals surface area contributed by atoms with Crippen molar-refractivity contribution in [2.24, 2.45) is 34.5 Å². The average Bonchev–Trinajstić information content (AvgIpc) is 2.94. The molecule has 1 aromatic carbocycles. The molecule has 0 aliphatic heterocycles. The molecule has 2 heteroatoms. The Morgan fingerprint density at radius 2 is 1.71 bits per heavy atom. The maximum Gasteiger partial charge on any atom is 0.123 e. The zero-order valence-corrected chi connectivity index (χ0v) is 17.5. The standard InChI is InChI=1S/C26H35FO/c1-25-13-4-3-5-19(25)8-11-21-22(25)12-14-26(2)23(21)16-18(24(26)28)15-17-6-9-20(27)10-7-17/h6-7,9-10,15,19,21-24,28H,3-5,8,11-14,16H2,1-2H3/b18-15+/t19-,21-,22+,23-,24+,25+,26+/m1/s1. The van der Waals surface area contributed by atoms with Gasteiger partial charge in [0.05, 0.1) is 6.10 Å². The van der Waals surface area contributed by atoms with E-state index in [1.165, 1.54) is 62.7 Å². The van der Waals surface area contributed by atoms with Gasteiger partial charge in [-0.15, -0.1) is 0 Å². The monoisotopic (exact) mass is 382 g/mol. The molecule has 1 nitrogen and oxygen atoms in total. The number of fused-ring (bicyclic) bond motifs is 5. The Balaban J connectivity index is 1.45. The van der Waals surface area contributed by atoms with E-state index in [0.29, 0.717) is 11.3 Å². The molecule has 0 unspecified atom stereocenters. The SMILES string of the molecule is C[C@]12CC[C@H]3[C@@H](CC[C@H]4CCCC[C@@]43C)[C@H]1C/C(=C\c1ccc(F)cc1)[C@@H]2O. The summed E-state index contributed by atoms with van der Waals surface area (Å²) in [6.07, 6.45) is 13.7. The fourth-order valence-electron chi connectivity index (χ4n) is 8.07. The topological polar surface area (TPSA) is 20.2 Å². The summed E-state index contributed by atoms with van der Waals surface area (Å²) >= 11 is 0. The molecule has 4 aliphatic carbocycles. The van der Waals surface area contributed by atoms with Crippen molar-refractivity contribution in [3.63, 3.8) is 0 Å². The van der Waals surface area contributed by atoms with Crippen LogP contribution in [0.25, 0.3) is 6.08 Å². The predicted octanol–water partition coefficient (Wildman–Crippen LogP) is 6.61. The van der Waals surface area contributed by atoms with Crippen LogP contribution in [-0.2, 0) is 0 Å². The van der Waals surface area contributed by atoms with Crippen molar-refractivity contribution in [2.45, 2.75) is 77.7 Å². The second kappa shape index (κ2) is 6.69. The largest absolute Gasteiger partial charge is 0.388 e. The van der Waals surface area contributed by atoms with E-state index in [0.717, 1.165) is 36.2 Å². The average molecular weight is 383 g/mol. The van der Waals surface area contributed by atoms with Crippen molar-refractivity contribution in [2.75, 3.05) is 0 Å². The number of halogens is 1. The fraction of sp³-hybridized carbons (Fsp3) is 0.692. The van der Waals surface area contributed by atoms with E-state index in [4.69, 9.17) is 0 Å². The normalized spacial score (nSPS) is 46.7. The van der Waals surface area contributed by atoms with Gasteiger partial charge in [0.1, 0.15) is 5.82 Å². The van der Waals surface area contributed by atoms with Crippen molar-refractivity contribution >= 4 is 6.08 Å². The van der Waals surface area contributed by atoms with Crippen molar-refractivity contribution in [1.29, 1.82) is 0 Å². The van der Waals surface area contributed by atoms with Gasteiger partial charge in [-0.05, 0) is 97.3 Å². The van der Waals surface area contributed by atoms with E-state index in [-0.39, 0.29) is 17.3 Å². The maximum atomic E-state index is 13.3. The molecular weight excluding hydrogens is 347 g/mol. The first-order valence-corrected chi connectivity index (χ1v) is 11.6. The van der Waals surface area contributed by atoms with Gasteiger partial charge in [0.2, 0.25) is 0 Å². The van der Waals surface area contributed by atoms with E-state index < -0.39 is 0 Å². The second-order valence-corrected chi connectivity index (χ2v) is 10.8. The summed E-state index contributed by atoms with van der Waals surface area (Å²) in [7, 11) is 0. The van der Waals surface area contributed by atoms with E-state index in [1.54, 1.807) is 0 Å². The van der Waals surface area contributed by atoms with Crippen molar-refractivity contribution in [1.82, 2.24) is 0 Å². The molecule has 0 amide bonds. The summed E-state index contributed by atoms with van der Waals surface area (Å²) in [6.45, 7) is 4.95. The Hall–Kier alpha value is -1.15. The molecule has 0 radical (unpaired) electrons. The fourth-order valence-corrected chi connectivity index (χ4v) is 8.07. The minimum Gasteiger partial charge on any atom is -0.388 e. The Kier molecular flexibility index (Phi) is 4.50. The van der Waals surface area contributed by atoms with Gasteiger partial charge in [0, 0.05) is 5.41 Å². The zero-order chi connectivity index (χ0) is 19.5. The number of aliphatic hydroxyl groups is 1. The molecule has 1 aromatic rings. The highest BCUT2D eigenvalue weighted by atomic mass is 19.1. The van der Waals surface area contributed by atoms with Crippen LogP contribution in [0.5, 0.6) is 0 Å². The molecule has 1 N–H and O–H groups in total. The van der Waals surface area contributed by atoms with Crippen LogP contribution in [0.3, 0.4) is 0 Å². The summed E-state index contributed by atoms with van der Waals surface area (Å²) < 4.78 is 13.3. The molecule has 0 bridgehead atoms. The smallest absolute Gasteiger partial charge is 0.123 e. The molecule has 4 saturated carbocycles. The van der Waals surface area contributed by atoms with Gasteiger partial charge in [-0.3, -0.25) is 0 Å². The maximum absolute atomic E-state index is 13.3. The van der Waals surface area contributed by atoms with E-state index in [1.807, 2.05) is 12.1 Å². The van der Waals surface area contributed by atoms with Crippen molar-refractivity contribution < 1.29 is 9.50 Å². The van der Waals surface area contributed by atoms with Gasteiger partial charge in [0.15, 0.2) is 0 Å². The third-order valence-corrected chi connectivity index (χ3v) is 9.67. The quantitative estimate of drug-likeness (QED) is 0.579. The second-order valence-electron chi connectivity index (χ2n) is 10.8. The minimum atomic E-state index is -0.347. The van der Waals surface area contributed by atoms with Crippen LogP contribution in [0.4, 0.5) is 4.39 Å². The first-order chi connectivity index (χ1) is 13.4. The molecule has 0 heterocycles. The highest BCUT2D eigenvalue weighted by Gasteiger charge is 2.60. The van der Waals surface area contributed by atoms with Crippen LogP contribution in [0, 0.1) is 40.3 Å². The number of rotatable bonds is 1. The Morgan fingerprint density at radius 3 is 2.50 bits per heavy atom. The van der Waals surface area contributed by atoms with Gasteiger partial charge in [-0.25, -0.2) is 4.39 Å². The number of hydrogen-bond acceptors (Lipinski definition) is 1. The van der Waals surface area contributed by atoms with Crippen LogP contribution in [0.2, 0.25) is 0 Å². The molecule has 0 spiro atoms. The summed E-state index contributed by atoms with van der Waals surface area (Å²) in [5.74, 6) is 2.96. The molecule has 28 heavy (non-hydrogen) atoms. The Labute approximate surface area is 169 Å². The van der Waals surface area contributed by atoms with Gasteiger partial charge in [0.25, 0.3) is 0 Å². The lowest BCUT2D eigenvalue weighted by Gasteiger charge is -2.60. The Bertz CT molecular complexity index is 767. The summed E-state index contributed by atoms with van der Waals surface area (Å²) in [5.41, 5.74) is 2.75. The number of benzene rings is 1. The van der Waals surface area contributed by atoms with Crippen LogP contribution >= 0.6 is 0 Å². The van der Waals surface area contributed by atoms with Gasteiger partial charge < -0.3 is 5.11 Å². The first kappa shape index (κ1) is 18.9. The summed E-state index contributed by atoms with van der Waals surface area (Å²) in [6, 6.07) is 6.69. The predicted molar refractivity (Wildman–Crippen MR) is 112 cm³/mol. The van der Waals surface area contributed by atoms with Crippen LogP contribution in [0.1, 0.15) is 77.2 Å². The van der Waals surface area contributed by atoms with E-state index in [2.05, 4.69) is 19.9 Å². The molecule has 5 rings (SSSR count). The molecule has 0 saturated heterocycles. The minimum absolute atomic E-state index is 0.0187. The Morgan fingerprint density at radius 1 is 0.929 bits per heavy atom. The lowest BCUT2D eigenvalue weighted by molar-refractivity contribution is -0.119. The number of aliphatic hydroxyl groups excluding tert-OH is 1. The third kappa shape index (κ3) is 2.74. The summed E-state index contributed by atoms with van der Waals surface area (Å²) in [5, 5.41) is 11.3. The lowest BCUT2D eigenvalue weighted by atomic mass is 9.45. The van der Waals surface area contributed by atoms with Gasteiger partial charge in [-0.2, -0.15) is 0 Å². The molecular formula is C26H35FO. The number of hydrogen-bond donors (Lipinski definition) is 1. The van der Waals surface area contributed by atoms with E-state index in [9.17, 15) is 9.50 Å². The molecule has 4 aliphatic rings. The highest BCUT2D eigenvalue weighted by molar-refractivity contribution is 5.55. The molecule has 7 atom stereocenters. The van der Waals surface area contributed by atoms with Gasteiger partial charge in [-0.1, -0.05) is 44.9 Å². The highest BCUT2D eigenvalue weighted by Crippen LogP contribution is 2.67. The zero-order valence-electron chi connectivity index (χ0n) is 17.5. The first-order valence-electron chi connectivity index (χ1n) is 11.6. The van der Waals surface area contributed by atoms with Crippen LogP contribution in [-0.4, -0.2) is 11.2 Å².